The minimum atomic E-state index is -0.783. The average Bonchev–Trinajstić information content (AvgIpc) is 2.38. The van der Waals surface area contributed by atoms with Gasteiger partial charge in [0.1, 0.15) is 5.60 Å². The van der Waals surface area contributed by atoms with Crippen molar-refractivity contribution in [3.05, 3.63) is 24.3 Å². The summed E-state index contributed by atoms with van der Waals surface area (Å²) in [7, 11) is 0. The molecule has 118 valence electrons. The van der Waals surface area contributed by atoms with Crippen molar-refractivity contribution >= 4 is 11.9 Å². The molecule has 0 radical (unpaired) electrons. The Morgan fingerprint density at radius 3 is 2.10 bits per heavy atom. The van der Waals surface area contributed by atoms with E-state index in [0.717, 1.165) is 5.57 Å². The maximum Gasteiger partial charge on any atom is 0.345 e. The van der Waals surface area contributed by atoms with Gasteiger partial charge in [0, 0.05) is 5.57 Å². The minimum absolute atomic E-state index is 0.228. The number of esters is 2. The first-order valence-electron chi connectivity index (χ1n) is 7.01. The van der Waals surface area contributed by atoms with E-state index in [4.69, 9.17) is 9.47 Å². The fourth-order valence-corrected chi connectivity index (χ4v) is 2.30. The van der Waals surface area contributed by atoms with Crippen LogP contribution in [0.1, 0.15) is 46.5 Å². The van der Waals surface area contributed by atoms with E-state index in [-0.39, 0.29) is 5.57 Å². The van der Waals surface area contributed by atoms with E-state index in [1.54, 1.807) is 13.8 Å². The van der Waals surface area contributed by atoms with Gasteiger partial charge in [0.15, 0.2) is 6.61 Å². The maximum atomic E-state index is 11.9. The van der Waals surface area contributed by atoms with Crippen molar-refractivity contribution in [3.8, 4) is 0 Å². The third kappa shape index (κ3) is 4.70. The summed E-state index contributed by atoms with van der Waals surface area (Å²) in [5, 5.41) is 10.0. The van der Waals surface area contributed by atoms with Gasteiger partial charge in [-0.2, -0.15) is 0 Å². The van der Waals surface area contributed by atoms with Crippen LogP contribution in [-0.2, 0) is 19.1 Å². The predicted octanol–water partition coefficient (Wildman–Crippen LogP) is 2.29. The Bertz CT molecular complexity index is 451. The highest BCUT2D eigenvalue weighted by Crippen LogP contribution is 2.41. The highest BCUT2D eigenvalue weighted by atomic mass is 16.6. The van der Waals surface area contributed by atoms with E-state index in [1.165, 1.54) is 6.92 Å². The van der Waals surface area contributed by atoms with Crippen molar-refractivity contribution in [1.82, 2.24) is 0 Å². The van der Waals surface area contributed by atoms with Gasteiger partial charge in [0.2, 0.25) is 0 Å². The summed E-state index contributed by atoms with van der Waals surface area (Å²) >= 11 is 0. The molecule has 0 bridgehead atoms. The molecule has 0 unspecified atom stereocenters. The molecule has 5 heteroatoms. The second-order valence-corrected chi connectivity index (χ2v) is 6.10. The summed E-state index contributed by atoms with van der Waals surface area (Å²) < 4.78 is 10.3. The second kappa shape index (κ2) is 6.43. The third-order valence-electron chi connectivity index (χ3n) is 3.89. The highest BCUT2D eigenvalue weighted by molar-refractivity contribution is 5.88. The molecule has 1 saturated carbocycles. The molecule has 1 N–H and O–H groups in total. The van der Waals surface area contributed by atoms with E-state index in [2.05, 4.69) is 13.2 Å². The zero-order valence-electron chi connectivity index (χ0n) is 13.0. The quantitative estimate of drug-likeness (QED) is 0.479. The summed E-state index contributed by atoms with van der Waals surface area (Å²) in [6.45, 7) is 12.0. The third-order valence-corrected chi connectivity index (χ3v) is 3.89. The number of aliphatic hydroxyl groups is 1. The standard InChI is InChI=1S/C16H24O5/c1-11(2)14(18)20-10-13(17)21-16(12(3)4)8-6-15(5,19)7-9-16/h19H,1,3,6-10H2,2,4-5H3. The first-order valence-corrected chi connectivity index (χ1v) is 7.01. The number of hydrogen-bond acceptors (Lipinski definition) is 5. The Kier molecular flexibility index (Phi) is 5.34. The van der Waals surface area contributed by atoms with Crippen molar-refractivity contribution in [2.75, 3.05) is 6.61 Å². The van der Waals surface area contributed by atoms with Crippen LogP contribution in [0, 0.1) is 0 Å². The van der Waals surface area contributed by atoms with Crippen LogP contribution in [0.2, 0.25) is 0 Å². The molecule has 1 aliphatic carbocycles. The van der Waals surface area contributed by atoms with Gasteiger partial charge in [-0.05, 0) is 52.0 Å². The van der Waals surface area contributed by atoms with Crippen molar-refractivity contribution in [1.29, 1.82) is 0 Å². The minimum Gasteiger partial charge on any atom is -0.452 e. The van der Waals surface area contributed by atoms with Crippen molar-refractivity contribution in [2.45, 2.75) is 57.7 Å². The van der Waals surface area contributed by atoms with Gasteiger partial charge in [-0.3, -0.25) is 0 Å². The largest absolute Gasteiger partial charge is 0.452 e. The Balaban J connectivity index is 2.64. The Hall–Kier alpha value is -1.62. The molecular weight excluding hydrogens is 272 g/mol. The maximum absolute atomic E-state index is 11.9. The molecule has 1 rings (SSSR count). The van der Waals surface area contributed by atoms with Crippen LogP contribution in [0.15, 0.2) is 24.3 Å². The Morgan fingerprint density at radius 1 is 1.14 bits per heavy atom. The van der Waals surface area contributed by atoms with Gasteiger partial charge < -0.3 is 14.6 Å². The van der Waals surface area contributed by atoms with Crippen LogP contribution >= 0.6 is 0 Å². The molecule has 0 spiro atoms. The number of carbonyl (C=O) groups is 2. The van der Waals surface area contributed by atoms with Gasteiger partial charge in [-0.15, -0.1) is 0 Å². The predicted molar refractivity (Wildman–Crippen MR) is 78.5 cm³/mol. The van der Waals surface area contributed by atoms with Crippen molar-refractivity contribution in [3.63, 3.8) is 0 Å². The normalized spacial score (nSPS) is 28.6. The summed E-state index contributed by atoms with van der Waals surface area (Å²) in [5.74, 6) is -1.24. The summed E-state index contributed by atoms with van der Waals surface area (Å²) in [6.07, 6.45) is 2.07. The molecule has 0 aromatic heterocycles. The van der Waals surface area contributed by atoms with Crippen LogP contribution in [0.4, 0.5) is 0 Å². The van der Waals surface area contributed by atoms with E-state index in [0.29, 0.717) is 25.7 Å². The average molecular weight is 296 g/mol. The van der Waals surface area contributed by atoms with Crippen LogP contribution in [-0.4, -0.2) is 34.9 Å². The number of carbonyl (C=O) groups excluding carboxylic acids is 2. The zero-order valence-corrected chi connectivity index (χ0v) is 13.0. The van der Waals surface area contributed by atoms with E-state index in [9.17, 15) is 14.7 Å². The van der Waals surface area contributed by atoms with E-state index < -0.39 is 29.7 Å². The lowest BCUT2D eigenvalue weighted by atomic mass is 9.74. The van der Waals surface area contributed by atoms with Crippen LogP contribution in [0.3, 0.4) is 0 Å². The summed E-state index contributed by atoms with van der Waals surface area (Å²) in [6, 6.07) is 0. The fourth-order valence-electron chi connectivity index (χ4n) is 2.30. The molecule has 0 aliphatic heterocycles. The molecule has 0 amide bonds. The monoisotopic (exact) mass is 296 g/mol. The van der Waals surface area contributed by atoms with Crippen LogP contribution in [0.25, 0.3) is 0 Å². The lowest BCUT2D eigenvalue weighted by Gasteiger charge is -2.42. The first-order chi connectivity index (χ1) is 9.58. The van der Waals surface area contributed by atoms with Crippen molar-refractivity contribution in [2.24, 2.45) is 0 Å². The molecule has 1 aliphatic rings. The zero-order chi connectivity index (χ0) is 16.3. The second-order valence-electron chi connectivity index (χ2n) is 6.10. The Morgan fingerprint density at radius 2 is 1.67 bits per heavy atom. The van der Waals surface area contributed by atoms with Crippen LogP contribution in [0.5, 0.6) is 0 Å². The van der Waals surface area contributed by atoms with Gasteiger partial charge >= 0.3 is 11.9 Å². The molecule has 0 aromatic rings. The fraction of sp³-hybridized carbons (Fsp3) is 0.625. The first kappa shape index (κ1) is 17.4. The highest BCUT2D eigenvalue weighted by Gasteiger charge is 2.43. The molecule has 0 saturated heterocycles. The van der Waals surface area contributed by atoms with Crippen LogP contribution < -0.4 is 0 Å². The summed E-state index contributed by atoms with van der Waals surface area (Å²) in [4.78, 5) is 23.1. The van der Waals surface area contributed by atoms with Crippen molar-refractivity contribution < 1.29 is 24.2 Å². The molecule has 0 aromatic carbocycles. The summed E-state index contributed by atoms with van der Waals surface area (Å²) in [5.41, 5.74) is -0.559. The SMILES string of the molecule is C=C(C)C(=O)OCC(=O)OC1(C(=C)C)CCC(C)(O)CC1. The number of ether oxygens (including phenoxy) is 2. The van der Waals surface area contributed by atoms with Gasteiger partial charge in [0.05, 0.1) is 5.60 Å². The van der Waals surface area contributed by atoms with Gasteiger partial charge in [0.25, 0.3) is 0 Å². The lowest BCUT2D eigenvalue weighted by Crippen LogP contribution is -2.45. The van der Waals surface area contributed by atoms with Gasteiger partial charge in [-0.1, -0.05) is 13.2 Å². The smallest absolute Gasteiger partial charge is 0.345 e. The van der Waals surface area contributed by atoms with E-state index >= 15 is 0 Å². The number of rotatable bonds is 5. The molecule has 0 atom stereocenters. The Labute approximate surface area is 125 Å². The van der Waals surface area contributed by atoms with E-state index in [1.807, 2.05) is 0 Å². The van der Waals surface area contributed by atoms with Gasteiger partial charge in [-0.25, -0.2) is 9.59 Å². The molecule has 1 fully saturated rings. The molecule has 5 nitrogen and oxygen atoms in total. The lowest BCUT2D eigenvalue weighted by molar-refractivity contribution is -0.171. The number of hydrogen-bond donors (Lipinski definition) is 1. The molecule has 0 heterocycles. The molecule has 21 heavy (non-hydrogen) atoms. The molecular formula is C16H24O5. The topological polar surface area (TPSA) is 72.8 Å².